The van der Waals surface area contributed by atoms with Crippen molar-refractivity contribution in [2.45, 2.75) is 52.5 Å². The highest BCUT2D eigenvalue weighted by molar-refractivity contribution is 5.96. The quantitative estimate of drug-likeness (QED) is 0.602. The highest BCUT2D eigenvalue weighted by atomic mass is 16.2. The van der Waals surface area contributed by atoms with E-state index in [2.05, 4.69) is 11.0 Å². The number of aryl methyl sites for hydroxylation is 2. The molecule has 0 radical (unpaired) electrons. The molecule has 170 valence electrons. The summed E-state index contributed by atoms with van der Waals surface area (Å²) in [6, 6.07) is 10.3. The van der Waals surface area contributed by atoms with Crippen LogP contribution >= 0.6 is 0 Å². The van der Waals surface area contributed by atoms with Crippen molar-refractivity contribution >= 4 is 17.4 Å². The minimum Gasteiger partial charge on any atom is -0.355 e. The lowest BCUT2D eigenvalue weighted by atomic mass is 9.96. The number of anilines is 1. The van der Waals surface area contributed by atoms with Crippen molar-refractivity contribution < 1.29 is 4.79 Å². The second kappa shape index (κ2) is 8.51. The van der Waals surface area contributed by atoms with Crippen molar-refractivity contribution in [3.63, 3.8) is 0 Å². The van der Waals surface area contributed by atoms with Crippen LogP contribution in [0.3, 0.4) is 0 Å². The number of carbonyl (C=O) groups is 1. The average Bonchev–Trinajstić information content (AvgIpc) is 3.46. The number of hydrogen-bond donors (Lipinski definition) is 0. The van der Waals surface area contributed by atoms with Gasteiger partial charge in [0.05, 0.1) is 23.7 Å². The third-order valence-electron chi connectivity index (χ3n) is 7.23. The Morgan fingerprint density at radius 2 is 1.97 bits per heavy atom. The first kappa shape index (κ1) is 21.4. The van der Waals surface area contributed by atoms with Gasteiger partial charge in [0.1, 0.15) is 5.82 Å². The molecule has 5 rings (SSSR count). The van der Waals surface area contributed by atoms with Crippen molar-refractivity contribution in [3.8, 4) is 6.07 Å². The van der Waals surface area contributed by atoms with Crippen LogP contribution < -0.4 is 4.90 Å². The van der Waals surface area contributed by atoms with Crippen molar-refractivity contribution in [2.75, 3.05) is 24.5 Å². The third-order valence-corrected chi connectivity index (χ3v) is 7.23. The first-order chi connectivity index (χ1) is 16.0. The van der Waals surface area contributed by atoms with Crippen molar-refractivity contribution in [1.29, 1.82) is 5.26 Å². The normalized spacial score (nSPS) is 20.9. The molecule has 7 nitrogen and oxygen atoms in total. The van der Waals surface area contributed by atoms with Crippen molar-refractivity contribution in [2.24, 2.45) is 5.92 Å². The van der Waals surface area contributed by atoms with Gasteiger partial charge in [0.2, 0.25) is 0 Å². The van der Waals surface area contributed by atoms with Gasteiger partial charge in [0.15, 0.2) is 5.65 Å². The van der Waals surface area contributed by atoms with Gasteiger partial charge in [-0.25, -0.2) is 9.50 Å². The van der Waals surface area contributed by atoms with Crippen LogP contribution in [-0.4, -0.2) is 45.0 Å². The Morgan fingerprint density at radius 3 is 2.76 bits per heavy atom. The molecule has 33 heavy (non-hydrogen) atoms. The molecule has 0 N–H and O–H groups in total. The van der Waals surface area contributed by atoms with Gasteiger partial charge in [-0.05, 0) is 63.6 Å². The Kier molecular flexibility index (Phi) is 5.53. The second-order valence-electron chi connectivity index (χ2n) is 9.44. The van der Waals surface area contributed by atoms with Crippen LogP contribution in [0.4, 0.5) is 5.82 Å². The number of amides is 1. The summed E-state index contributed by atoms with van der Waals surface area (Å²) in [6.45, 7) is 8.43. The van der Waals surface area contributed by atoms with E-state index in [1.54, 1.807) is 0 Å². The SMILES string of the molecule is Cc1cn2nc([C@@H]3CCCCN3C(=O)c3cccc(C)c3C)cc2nc1N1CC[C@H](C#N)C1. The van der Waals surface area contributed by atoms with Gasteiger partial charge >= 0.3 is 0 Å². The van der Waals surface area contributed by atoms with Gasteiger partial charge in [-0.3, -0.25) is 4.79 Å². The summed E-state index contributed by atoms with van der Waals surface area (Å²) in [6.07, 6.45) is 5.89. The maximum atomic E-state index is 13.6. The van der Waals surface area contributed by atoms with Gasteiger partial charge in [-0.2, -0.15) is 10.4 Å². The predicted molar refractivity (Wildman–Crippen MR) is 127 cm³/mol. The Bertz CT molecular complexity index is 1260. The lowest BCUT2D eigenvalue weighted by Gasteiger charge is -2.35. The molecule has 2 aliphatic rings. The zero-order chi connectivity index (χ0) is 23.1. The maximum Gasteiger partial charge on any atom is 0.254 e. The number of fused-ring (bicyclic) bond motifs is 1. The van der Waals surface area contributed by atoms with Crippen LogP contribution in [0.5, 0.6) is 0 Å². The highest BCUT2D eigenvalue weighted by Crippen LogP contribution is 2.33. The Hall–Kier alpha value is -3.40. The van der Waals surface area contributed by atoms with Gasteiger partial charge in [-0.1, -0.05) is 12.1 Å². The molecule has 3 aromatic rings. The predicted octanol–water partition coefficient (Wildman–Crippen LogP) is 4.37. The first-order valence-corrected chi connectivity index (χ1v) is 11.8. The largest absolute Gasteiger partial charge is 0.355 e. The minimum absolute atomic E-state index is 0.0497. The molecule has 4 heterocycles. The second-order valence-corrected chi connectivity index (χ2v) is 9.44. The lowest BCUT2D eigenvalue weighted by molar-refractivity contribution is 0.0605. The van der Waals surface area contributed by atoms with Crippen LogP contribution in [0.2, 0.25) is 0 Å². The monoisotopic (exact) mass is 442 g/mol. The van der Waals surface area contributed by atoms with Gasteiger partial charge in [0, 0.05) is 43.0 Å². The molecule has 1 aromatic carbocycles. The van der Waals surface area contributed by atoms with E-state index in [9.17, 15) is 10.1 Å². The number of aromatic nitrogens is 3. The fourth-order valence-electron chi connectivity index (χ4n) is 5.18. The number of hydrogen-bond acceptors (Lipinski definition) is 5. The molecule has 0 aliphatic carbocycles. The van der Waals surface area contributed by atoms with E-state index < -0.39 is 0 Å². The van der Waals surface area contributed by atoms with E-state index >= 15 is 0 Å². The molecule has 2 aromatic heterocycles. The van der Waals surface area contributed by atoms with E-state index in [0.29, 0.717) is 0 Å². The molecule has 0 bridgehead atoms. The number of benzene rings is 1. The molecule has 1 amide bonds. The summed E-state index contributed by atoms with van der Waals surface area (Å²) >= 11 is 0. The molecule has 2 fully saturated rings. The molecular weight excluding hydrogens is 412 g/mol. The van der Waals surface area contributed by atoms with Crippen LogP contribution in [-0.2, 0) is 0 Å². The maximum absolute atomic E-state index is 13.6. The van der Waals surface area contributed by atoms with Gasteiger partial charge < -0.3 is 9.80 Å². The zero-order valence-electron chi connectivity index (χ0n) is 19.6. The summed E-state index contributed by atoms with van der Waals surface area (Å²) in [5.41, 5.74) is 5.69. The molecule has 0 spiro atoms. The Balaban J connectivity index is 1.47. The standard InChI is InChI=1S/C26H30N6O/c1-17-7-6-8-21(19(17)3)26(33)31-11-5-4-9-23(31)22-13-24-28-25(18(2)15-32(24)29-22)30-12-10-20(14-27)16-30/h6-8,13,15,20,23H,4-5,9-12,16H2,1-3H3/t20-,23+/m1/s1. The molecule has 2 atom stereocenters. The fourth-order valence-corrected chi connectivity index (χ4v) is 5.18. The first-order valence-electron chi connectivity index (χ1n) is 11.8. The molecule has 0 saturated carbocycles. The van der Waals surface area contributed by atoms with Crippen LogP contribution in [0.1, 0.15) is 64.5 Å². The Labute approximate surface area is 194 Å². The number of rotatable bonds is 3. The van der Waals surface area contributed by atoms with E-state index in [0.717, 1.165) is 84.7 Å². The minimum atomic E-state index is -0.0497. The number of nitriles is 1. The highest BCUT2D eigenvalue weighted by Gasteiger charge is 2.32. The zero-order valence-corrected chi connectivity index (χ0v) is 19.6. The molecule has 2 aliphatic heterocycles. The Morgan fingerprint density at radius 1 is 1.12 bits per heavy atom. The number of nitrogens with zero attached hydrogens (tertiary/aromatic N) is 6. The number of likely N-dealkylation sites (tertiary alicyclic amines) is 1. The van der Waals surface area contributed by atoms with Gasteiger partial charge in [0.25, 0.3) is 5.91 Å². The number of carbonyl (C=O) groups excluding carboxylic acids is 1. The summed E-state index contributed by atoms with van der Waals surface area (Å²) in [5.74, 6) is 1.08. The van der Waals surface area contributed by atoms with Crippen molar-refractivity contribution in [3.05, 3.63) is 58.4 Å². The van der Waals surface area contributed by atoms with E-state index in [-0.39, 0.29) is 17.9 Å². The molecular formula is C26H30N6O. The van der Waals surface area contributed by atoms with Crippen LogP contribution in [0.25, 0.3) is 5.65 Å². The van der Waals surface area contributed by atoms with Crippen LogP contribution in [0, 0.1) is 38.0 Å². The summed E-state index contributed by atoms with van der Waals surface area (Å²) in [7, 11) is 0. The van der Waals surface area contributed by atoms with Crippen LogP contribution in [0.15, 0.2) is 30.5 Å². The topological polar surface area (TPSA) is 77.5 Å². The number of piperidine rings is 1. The lowest BCUT2D eigenvalue weighted by Crippen LogP contribution is -2.39. The van der Waals surface area contributed by atoms with E-state index in [4.69, 9.17) is 10.1 Å². The fraction of sp³-hybridized carbons (Fsp3) is 0.462. The average molecular weight is 443 g/mol. The summed E-state index contributed by atoms with van der Waals surface area (Å²) in [4.78, 5) is 22.7. The third kappa shape index (κ3) is 3.84. The summed E-state index contributed by atoms with van der Waals surface area (Å²) < 4.78 is 1.83. The van der Waals surface area contributed by atoms with Crippen molar-refractivity contribution in [1.82, 2.24) is 19.5 Å². The molecule has 2 saturated heterocycles. The van der Waals surface area contributed by atoms with E-state index in [1.165, 1.54) is 0 Å². The van der Waals surface area contributed by atoms with Gasteiger partial charge in [-0.15, -0.1) is 0 Å². The molecule has 0 unspecified atom stereocenters. The smallest absolute Gasteiger partial charge is 0.254 e. The molecule has 7 heteroatoms. The summed E-state index contributed by atoms with van der Waals surface area (Å²) in [5, 5.41) is 14.1. The van der Waals surface area contributed by atoms with E-state index in [1.807, 2.05) is 60.6 Å².